The summed E-state index contributed by atoms with van der Waals surface area (Å²) in [5.74, 6) is 2.08. The number of hydrogen-bond donors (Lipinski definition) is 1. The van der Waals surface area contributed by atoms with Crippen LogP contribution >= 0.6 is 0 Å². The van der Waals surface area contributed by atoms with Gasteiger partial charge in [0.25, 0.3) is 0 Å². The van der Waals surface area contributed by atoms with Gasteiger partial charge >= 0.3 is 0 Å². The largest absolute Gasteiger partial charge is 0.396 e. The van der Waals surface area contributed by atoms with Gasteiger partial charge in [0.05, 0.1) is 0 Å². The minimum atomic E-state index is 0.0678. The maximum Gasteiger partial charge on any atom is 0.0497 e. The first kappa shape index (κ1) is 16.0. The lowest BCUT2D eigenvalue weighted by atomic mass is 9.71. The Balaban J connectivity index is 2.41. The predicted molar refractivity (Wildman–Crippen MR) is 76.6 cm³/mol. The molecule has 2 nitrogen and oxygen atoms in total. The fraction of sp³-hybridized carbons (Fsp3) is 1.00. The number of aliphatic hydroxyl groups excluding tert-OH is 1. The molecule has 0 aromatic heterocycles. The number of aliphatic hydroxyl groups is 1. The van der Waals surface area contributed by atoms with Crippen LogP contribution in [0.5, 0.6) is 0 Å². The second-order valence-electron chi connectivity index (χ2n) is 7.26. The van der Waals surface area contributed by atoms with Gasteiger partial charge in [0, 0.05) is 19.8 Å². The van der Waals surface area contributed by atoms with E-state index in [-0.39, 0.29) is 5.41 Å². The molecule has 0 aromatic rings. The van der Waals surface area contributed by atoms with Gasteiger partial charge in [-0.05, 0) is 36.0 Å². The molecule has 2 heteroatoms. The zero-order valence-corrected chi connectivity index (χ0v) is 12.7. The van der Waals surface area contributed by atoms with Crippen molar-refractivity contribution in [3.8, 4) is 0 Å². The first-order valence-electron chi connectivity index (χ1n) is 7.63. The molecule has 1 aliphatic carbocycles. The topological polar surface area (TPSA) is 29.5 Å². The molecule has 0 bridgehead atoms. The summed E-state index contributed by atoms with van der Waals surface area (Å²) in [5.41, 5.74) is 0.0678. The van der Waals surface area contributed by atoms with Gasteiger partial charge in [0.15, 0.2) is 0 Å². The highest BCUT2D eigenvalue weighted by Crippen LogP contribution is 2.38. The van der Waals surface area contributed by atoms with Crippen molar-refractivity contribution in [2.45, 2.75) is 59.8 Å². The summed E-state index contributed by atoms with van der Waals surface area (Å²) in [5, 5.41) is 9.43. The van der Waals surface area contributed by atoms with Gasteiger partial charge in [0.2, 0.25) is 0 Å². The average molecular weight is 256 g/mol. The van der Waals surface area contributed by atoms with E-state index in [4.69, 9.17) is 4.74 Å². The summed E-state index contributed by atoms with van der Waals surface area (Å²) >= 11 is 0. The van der Waals surface area contributed by atoms with Crippen molar-refractivity contribution in [2.75, 3.05) is 19.8 Å². The summed E-state index contributed by atoms with van der Waals surface area (Å²) in [6, 6.07) is 0. The zero-order chi connectivity index (χ0) is 13.6. The van der Waals surface area contributed by atoms with Crippen molar-refractivity contribution < 1.29 is 9.84 Å². The minimum absolute atomic E-state index is 0.0678. The van der Waals surface area contributed by atoms with Crippen LogP contribution in [0.1, 0.15) is 59.8 Å². The van der Waals surface area contributed by atoms with Gasteiger partial charge in [-0.15, -0.1) is 0 Å². The molecule has 108 valence electrons. The molecule has 1 unspecified atom stereocenters. The summed E-state index contributed by atoms with van der Waals surface area (Å²) in [7, 11) is 0. The van der Waals surface area contributed by atoms with Crippen LogP contribution < -0.4 is 0 Å². The highest BCUT2D eigenvalue weighted by Gasteiger charge is 2.30. The van der Waals surface area contributed by atoms with Gasteiger partial charge in [-0.2, -0.15) is 0 Å². The van der Waals surface area contributed by atoms with E-state index in [2.05, 4.69) is 27.7 Å². The molecule has 0 spiro atoms. The maximum atomic E-state index is 9.43. The Bertz CT molecular complexity index is 223. The fourth-order valence-corrected chi connectivity index (χ4v) is 3.00. The lowest BCUT2D eigenvalue weighted by Gasteiger charge is -2.36. The second-order valence-corrected chi connectivity index (χ2v) is 7.26. The summed E-state index contributed by atoms with van der Waals surface area (Å²) < 4.78 is 5.85. The lowest BCUT2D eigenvalue weighted by Crippen LogP contribution is -2.30. The Hall–Kier alpha value is -0.0800. The Morgan fingerprint density at radius 3 is 2.33 bits per heavy atom. The molecular formula is C16H32O2. The molecule has 18 heavy (non-hydrogen) atoms. The Morgan fingerprint density at radius 1 is 1.17 bits per heavy atom. The quantitative estimate of drug-likeness (QED) is 0.749. The van der Waals surface area contributed by atoms with E-state index in [1.165, 1.54) is 25.7 Å². The van der Waals surface area contributed by atoms with Gasteiger partial charge in [-0.3, -0.25) is 0 Å². The zero-order valence-electron chi connectivity index (χ0n) is 12.7. The van der Waals surface area contributed by atoms with Crippen LogP contribution in [0.2, 0.25) is 0 Å². The van der Waals surface area contributed by atoms with Crippen molar-refractivity contribution in [2.24, 2.45) is 23.2 Å². The molecule has 0 amide bonds. The van der Waals surface area contributed by atoms with Crippen LogP contribution in [0.3, 0.4) is 0 Å². The molecule has 0 saturated heterocycles. The van der Waals surface area contributed by atoms with Gasteiger partial charge in [0.1, 0.15) is 0 Å². The maximum absolute atomic E-state index is 9.43. The number of hydrogen-bond acceptors (Lipinski definition) is 2. The van der Waals surface area contributed by atoms with Crippen LogP contribution in [0.15, 0.2) is 0 Å². The van der Waals surface area contributed by atoms with Crippen LogP contribution in [-0.4, -0.2) is 24.9 Å². The second kappa shape index (κ2) is 7.49. The summed E-state index contributed by atoms with van der Waals surface area (Å²) in [6.45, 7) is 10.8. The highest BCUT2D eigenvalue weighted by atomic mass is 16.5. The van der Waals surface area contributed by atoms with Gasteiger partial charge in [-0.25, -0.2) is 0 Å². The van der Waals surface area contributed by atoms with Crippen LogP contribution in [-0.2, 0) is 4.74 Å². The van der Waals surface area contributed by atoms with Crippen molar-refractivity contribution >= 4 is 0 Å². The van der Waals surface area contributed by atoms with E-state index in [0.29, 0.717) is 18.4 Å². The fourth-order valence-electron chi connectivity index (χ4n) is 3.00. The third-order valence-electron chi connectivity index (χ3n) is 4.09. The number of ether oxygens (including phenoxy) is 1. The van der Waals surface area contributed by atoms with E-state index < -0.39 is 0 Å². The standard InChI is InChI=1S/C16H32O2/c1-13(2)10-18-11-15-8-6-5-7-14(15)9-16(3,4)12-17/h13-15,17H,5-12H2,1-4H3/t14-,15?/m0/s1. The van der Waals surface area contributed by atoms with E-state index >= 15 is 0 Å². The van der Waals surface area contributed by atoms with E-state index in [1.54, 1.807) is 0 Å². The van der Waals surface area contributed by atoms with Crippen molar-refractivity contribution in [1.82, 2.24) is 0 Å². The Morgan fingerprint density at radius 2 is 1.78 bits per heavy atom. The Kier molecular flexibility index (Phi) is 6.65. The van der Waals surface area contributed by atoms with Crippen LogP contribution in [0.25, 0.3) is 0 Å². The third-order valence-corrected chi connectivity index (χ3v) is 4.09. The monoisotopic (exact) mass is 256 g/mol. The van der Waals surface area contributed by atoms with Crippen LogP contribution in [0, 0.1) is 23.2 Å². The average Bonchev–Trinajstić information content (AvgIpc) is 2.30. The first-order valence-corrected chi connectivity index (χ1v) is 7.63. The van der Waals surface area contributed by atoms with Crippen molar-refractivity contribution in [3.63, 3.8) is 0 Å². The molecule has 1 aliphatic rings. The van der Waals surface area contributed by atoms with Crippen molar-refractivity contribution in [1.29, 1.82) is 0 Å². The molecule has 1 N–H and O–H groups in total. The van der Waals surface area contributed by atoms with E-state index in [9.17, 15) is 5.11 Å². The third kappa shape index (κ3) is 5.71. The van der Waals surface area contributed by atoms with E-state index in [0.717, 1.165) is 25.6 Å². The molecule has 2 atom stereocenters. The highest BCUT2D eigenvalue weighted by molar-refractivity contribution is 4.81. The summed E-state index contributed by atoms with van der Waals surface area (Å²) in [6.07, 6.45) is 6.47. The molecule has 1 saturated carbocycles. The Labute approximate surface area is 113 Å². The van der Waals surface area contributed by atoms with Gasteiger partial charge < -0.3 is 9.84 Å². The van der Waals surface area contributed by atoms with Crippen LogP contribution in [0.4, 0.5) is 0 Å². The molecule has 1 fully saturated rings. The SMILES string of the molecule is CC(C)COCC1CCCC[C@H]1CC(C)(C)CO. The molecular weight excluding hydrogens is 224 g/mol. The normalized spacial score (nSPS) is 25.7. The lowest BCUT2D eigenvalue weighted by molar-refractivity contribution is 0.0249. The molecule has 1 rings (SSSR count). The molecule has 0 heterocycles. The van der Waals surface area contributed by atoms with Crippen molar-refractivity contribution in [3.05, 3.63) is 0 Å². The van der Waals surface area contributed by atoms with E-state index in [1.807, 2.05) is 0 Å². The molecule has 0 aromatic carbocycles. The number of rotatable bonds is 7. The molecule has 0 aliphatic heterocycles. The smallest absolute Gasteiger partial charge is 0.0497 e. The van der Waals surface area contributed by atoms with Gasteiger partial charge in [-0.1, -0.05) is 47.0 Å². The summed E-state index contributed by atoms with van der Waals surface area (Å²) in [4.78, 5) is 0. The first-order chi connectivity index (χ1) is 8.44. The minimum Gasteiger partial charge on any atom is -0.396 e. The predicted octanol–water partition coefficient (Wildman–Crippen LogP) is 3.87. The molecule has 0 radical (unpaired) electrons.